The minimum absolute atomic E-state index is 0.263. The Balaban J connectivity index is 1.49. The fraction of sp³-hybridized carbons (Fsp3) is 0.950. The van der Waals surface area contributed by atoms with E-state index >= 15 is 0 Å². The third kappa shape index (κ3) is 2.55. The topological polar surface area (TPSA) is 37.3 Å². The summed E-state index contributed by atoms with van der Waals surface area (Å²) >= 11 is 0. The van der Waals surface area contributed by atoms with Crippen LogP contribution in [0.2, 0.25) is 0 Å². The van der Waals surface area contributed by atoms with E-state index in [1.807, 2.05) is 0 Å². The highest BCUT2D eigenvalue weighted by Crippen LogP contribution is 2.60. The second-order valence-electron chi connectivity index (χ2n) is 9.18. The van der Waals surface area contributed by atoms with Crippen LogP contribution in [0.5, 0.6) is 0 Å². The van der Waals surface area contributed by atoms with E-state index in [9.17, 15) is 18.7 Å². The summed E-state index contributed by atoms with van der Waals surface area (Å²) in [5, 5.41) is 10.2. The van der Waals surface area contributed by atoms with Crippen LogP contribution < -0.4 is 0 Å². The number of hydrogen-bond acceptors (Lipinski definition) is 2. The monoisotopic (exact) mass is 340 g/mol. The summed E-state index contributed by atoms with van der Waals surface area (Å²) in [6.07, 6.45) is 5.40. The molecule has 0 aromatic heterocycles. The molecule has 0 heterocycles. The largest absolute Gasteiger partial charge is 0.384 e. The molecule has 0 aromatic rings. The minimum atomic E-state index is -2.61. The predicted molar refractivity (Wildman–Crippen MR) is 87.6 cm³/mol. The molecule has 0 bridgehead atoms. The number of alkyl halides is 2. The molecule has 4 aliphatic carbocycles. The van der Waals surface area contributed by atoms with Crippen molar-refractivity contribution in [3.63, 3.8) is 0 Å². The molecule has 4 aliphatic rings. The maximum absolute atomic E-state index is 13.2. The van der Waals surface area contributed by atoms with Gasteiger partial charge in [-0.2, -0.15) is 0 Å². The van der Waals surface area contributed by atoms with E-state index in [1.165, 1.54) is 12.8 Å². The molecule has 0 aromatic carbocycles. The molecule has 0 saturated heterocycles. The molecule has 1 N–H and O–H groups in total. The molecular weight excluding hydrogens is 310 g/mol. The van der Waals surface area contributed by atoms with Gasteiger partial charge in [-0.3, -0.25) is 4.79 Å². The fourth-order valence-corrected chi connectivity index (χ4v) is 7.27. The number of halogens is 2. The summed E-state index contributed by atoms with van der Waals surface area (Å²) in [5.74, 6) is 4.08. The molecule has 24 heavy (non-hydrogen) atoms. The first-order valence-corrected chi connectivity index (χ1v) is 9.91. The number of rotatable bonds is 2. The maximum atomic E-state index is 13.2. The molecular formula is C20H30F2O2. The lowest BCUT2D eigenvalue weighted by atomic mass is 9.52. The normalized spacial score (nSPS) is 51.0. The van der Waals surface area contributed by atoms with Crippen molar-refractivity contribution < 1.29 is 18.7 Å². The van der Waals surface area contributed by atoms with E-state index in [0.717, 1.165) is 32.1 Å². The number of carbonyl (C=O) groups is 1. The van der Waals surface area contributed by atoms with E-state index in [4.69, 9.17) is 0 Å². The molecule has 4 rings (SSSR count). The summed E-state index contributed by atoms with van der Waals surface area (Å²) in [4.78, 5) is 11.9. The van der Waals surface area contributed by atoms with Gasteiger partial charge in [-0.1, -0.05) is 0 Å². The van der Waals surface area contributed by atoms with Gasteiger partial charge in [-0.25, -0.2) is 8.78 Å². The Morgan fingerprint density at radius 3 is 2.21 bits per heavy atom. The molecule has 0 radical (unpaired) electrons. The van der Waals surface area contributed by atoms with Gasteiger partial charge in [0.05, 0.1) is 0 Å². The molecule has 0 spiro atoms. The summed E-state index contributed by atoms with van der Waals surface area (Å²) in [6.45, 7) is 1.75. The van der Waals surface area contributed by atoms with Crippen LogP contribution in [0, 0.1) is 41.4 Å². The number of Topliss-reactive ketones (excluding diaryl/α,β-unsaturated/α-hetero) is 1. The minimum Gasteiger partial charge on any atom is -0.384 e. The smallest absolute Gasteiger partial charge is 0.266 e. The molecule has 0 aliphatic heterocycles. The second kappa shape index (κ2) is 6.03. The zero-order valence-corrected chi connectivity index (χ0v) is 14.6. The second-order valence-corrected chi connectivity index (χ2v) is 9.18. The first-order valence-electron chi connectivity index (χ1n) is 9.91. The standard InChI is InChI=1S/C20H30F2O2/c1-11(23)13-4-5-18-15(13)6-7-16-14-8-9-20(24,19(21)22)10-12(14)2-3-17(16)18/h12-19,24H,2-10H2,1H3/t12-,13-,14+,15-,16-,17-,18-,20+/m1/s1. The highest BCUT2D eigenvalue weighted by atomic mass is 19.3. The van der Waals surface area contributed by atoms with Crippen LogP contribution in [0.1, 0.15) is 64.7 Å². The van der Waals surface area contributed by atoms with Crippen LogP contribution in [0.15, 0.2) is 0 Å². The zero-order chi connectivity index (χ0) is 17.1. The van der Waals surface area contributed by atoms with Crippen LogP contribution in [0.25, 0.3) is 0 Å². The Morgan fingerprint density at radius 2 is 1.50 bits per heavy atom. The SMILES string of the molecule is CC(=O)[C@H]1CC[C@H]2[C@@H]3CC[C@@H]4C[C@](O)(C(F)F)CC[C@@H]4[C@H]3CC[C@@H]21. The van der Waals surface area contributed by atoms with Gasteiger partial charge in [0.2, 0.25) is 0 Å². The Morgan fingerprint density at radius 1 is 0.917 bits per heavy atom. The summed E-state index contributed by atoms with van der Waals surface area (Å²) in [5.41, 5.74) is -1.74. The van der Waals surface area contributed by atoms with Crippen molar-refractivity contribution in [3.05, 3.63) is 0 Å². The number of ketones is 1. The molecule has 0 unspecified atom stereocenters. The van der Waals surface area contributed by atoms with Gasteiger partial charge in [0.15, 0.2) is 0 Å². The first kappa shape index (κ1) is 16.9. The zero-order valence-electron chi connectivity index (χ0n) is 14.6. The highest BCUT2D eigenvalue weighted by molar-refractivity contribution is 5.79. The number of fused-ring (bicyclic) bond motifs is 5. The van der Waals surface area contributed by atoms with E-state index < -0.39 is 12.0 Å². The van der Waals surface area contributed by atoms with Crippen LogP contribution in [0.3, 0.4) is 0 Å². The molecule has 8 atom stereocenters. The summed E-state index contributed by atoms with van der Waals surface area (Å²) in [7, 11) is 0. The molecule has 4 fully saturated rings. The molecule has 4 saturated carbocycles. The van der Waals surface area contributed by atoms with Crippen LogP contribution in [0.4, 0.5) is 8.78 Å². The Hall–Kier alpha value is -0.510. The van der Waals surface area contributed by atoms with Gasteiger partial charge in [0, 0.05) is 5.92 Å². The van der Waals surface area contributed by atoms with Crippen LogP contribution in [-0.2, 0) is 4.79 Å². The van der Waals surface area contributed by atoms with Gasteiger partial charge in [0.1, 0.15) is 11.4 Å². The van der Waals surface area contributed by atoms with Crippen molar-refractivity contribution in [3.8, 4) is 0 Å². The number of carbonyl (C=O) groups excluding carboxylic acids is 1. The van der Waals surface area contributed by atoms with E-state index in [1.54, 1.807) is 6.92 Å². The van der Waals surface area contributed by atoms with Gasteiger partial charge in [-0.15, -0.1) is 0 Å². The van der Waals surface area contributed by atoms with E-state index in [2.05, 4.69) is 0 Å². The number of hydrogen-bond donors (Lipinski definition) is 1. The van der Waals surface area contributed by atoms with Crippen molar-refractivity contribution in [2.75, 3.05) is 0 Å². The van der Waals surface area contributed by atoms with Gasteiger partial charge >= 0.3 is 0 Å². The van der Waals surface area contributed by atoms with Crippen LogP contribution in [-0.4, -0.2) is 22.9 Å². The molecule has 4 heteroatoms. The lowest BCUT2D eigenvalue weighted by Crippen LogP contribution is -2.51. The molecule has 2 nitrogen and oxygen atoms in total. The quantitative estimate of drug-likeness (QED) is 0.806. The van der Waals surface area contributed by atoms with Gasteiger partial charge in [-0.05, 0) is 100 Å². The van der Waals surface area contributed by atoms with Gasteiger partial charge < -0.3 is 5.11 Å². The van der Waals surface area contributed by atoms with Crippen molar-refractivity contribution in [1.29, 1.82) is 0 Å². The predicted octanol–water partition coefficient (Wildman–Crippen LogP) is 4.45. The molecule has 0 amide bonds. The Labute approximate surface area is 143 Å². The van der Waals surface area contributed by atoms with E-state index in [0.29, 0.717) is 41.8 Å². The number of aliphatic hydroxyl groups is 1. The third-order valence-corrected chi connectivity index (χ3v) is 8.29. The van der Waals surface area contributed by atoms with Crippen molar-refractivity contribution in [2.24, 2.45) is 41.4 Å². The maximum Gasteiger partial charge on any atom is 0.266 e. The fourth-order valence-electron chi connectivity index (χ4n) is 7.27. The van der Waals surface area contributed by atoms with Gasteiger partial charge in [0.25, 0.3) is 6.43 Å². The van der Waals surface area contributed by atoms with Crippen LogP contribution >= 0.6 is 0 Å². The summed E-state index contributed by atoms with van der Waals surface area (Å²) in [6, 6.07) is 0. The van der Waals surface area contributed by atoms with Crippen molar-refractivity contribution in [1.82, 2.24) is 0 Å². The first-order chi connectivity index (χ1) is 11.4. The summed E-state index contributed by atoms with van der Waals surface area (Å²) < 4.78 is 26.4. The average Bonchev–Trinajstić information content (AvgIpc) is 2.98. The third-order valence-electron chi connectivity index (χ3n) is 8.29. The van der Waals surface area contributed by atoms with Crippen molar-refractivity contribution in [2.45, 2.75) is 76.7 Å². The highest BCUT2D eigenvalue weighted by Gasteiger charge is 2.55. The Kier molecular flexibility index (Phi) is 4.26. The average molecular weight is 340 g/mol. The lowest BCUT2D eigenvalue weighted by Gasteiger charge is -2.54. The van der Waals surface area contributed by atoms with Crippen molar-refractivity contribution >= 4 is 5.78 Å². The Bertz CT molecular complexity index is 508. The molecule has 136 valence electrons. The van der Waals surface area contributed by atoms with E-state index in [-0.39, 0.29) is 18.3 Å². The lowest BCUT2D eigenvalue weighted by molar-refractivity contribution is -0.155.